The molecule has 0 unspecified atom stereocenters. The summed E-state index contributed by atoms with van der Waals surface area (Å²) < 4.78 is 0. The standard InChI is InChI=1S/C17H18N2OS/c20-16(12-11-14-7-3-1-4-8-14)19-17(21)18-13-15-9-5-2-6-10-15/h1-10H,11-13H2,(H2,18,19,20,21). The number of hydrogen-bond donors (Lipinski definition) is 2. The Kier molecular flexibility index (Phi) is 5.91. The van der Waals surface area contributed by atoms with Gasteiger partial charge >= 0.3 is 0 Å². The zero-order valence-electron chi connectivity index (χ0n) is 11.7. The van der Waals surface area contributed by atoms with Crippen molar-refractivity contribution in [2.24, 2.45) is 0 Å². The Labute approximate surface area is 130 Å². The summed E-state index contributed by atoms with van der Waals surface area (Å²) in [6.07, 6.45) is 1.14. The third-order valence-electron chi connectivity index (χ3n) is 3.03. The van der Waals surface area contributed by atoms with Crippen molar-refractivity contribution in [3.05, 3.63) is 71.8 Å². The van der Waals surface area contributed by atoms with E-state index in [0.29, 0.717) is 24.5 Å². The second-order valence-electron chi connectivity index (χ2n) is 4.70. The van der Waals surface area contributed by atoms with Crippen molar-refractivity contribution in [1.29, 1.82) is 0 Å². The molecule has 21 heavy (non-hydrogen) atoms. The van der Waals surface area contributed by atoms with Crippen LogP contribution in [-0.4, -0.2) is 11.0 Å². The molecule has 0 aromatic heterocycles. The Hall–Kier alpha value is -2.20. The molecule has 2 aromatic rings. The molecular formula is C17H18N2OS. The van der Waals surface area contributed by atoms with E-state index >= 15 is 0 Å². The first-order chi connectivity index (χ1) is 10.2. The highest BCUT2D eigenvalue weighted by Crippen LogP contribution is 2.02. The highest BCUT2D eigenvalue weighted by molar-refractivity contribution is 7.80. The zero-order chi connectivity index (χ0) is 14.9. The normalized spacial score (nSPS) is 9.90. The summed E-state index contributed by atoms with van der Waals surface area (Å²) in [5.74, 6) is -0.0654. The molecule has 108 valence electrons. The molecule has 0 fully saturated rings. The highest BCUT2D eigenvalue weighted by atomic mass is 32.1. The molecule has 2 aromatic carbocycles. The third-order valence-corrected chi connectivity index (χ3v) is 3.28. The van der Waals surface area contributed by atoms with Gasteiger partial charge in [-0.25, -0.2) is 0 Å². The summed E-state index contributed by atoms with van der Waals surface area (Å²) >= 11 is 5.12. The van der Waals surface area contributed by atoms with Gasteiger partial charge in [-0.1, -0.05) is 60.7 Å². The quantitative estimate of drug-likeness (QED) is 0.834. The number of thiocarbonyl (C=S) groups is 1. The van der Waals surface area contributed by atoms with Crippen LogP contribution in [0, 0.1) is 0 Å². The van der Waals surface area contributed by atoms with E-state index in [0.717, 1.165) is 11.1 Å². The van der Waals surface area contributed by atoms with Crippen molar-refractivity contribution in [3.8, 4) is 0 Å². The summed E-state index contributed by atoms with van der Waals surface area (Å²) in [6.45, 7) is 0.610. The van der Waals surface area contributed by atoms with Crippen molar-refractivity contribution < 1.29 is 4.79 Å². The molecule has 0 atom stereocenters. The minimum atomic E-state index is -0.0654. The van der Waals surface area contributed by atoms with Crippen molar-refractivity contribution in [1.82, 2.24) is 10.6 Å². The van der Waals surface area contributed by atoms with E-state index in [1.54, 1.807) is 0 Å². The van der Waals surface area contributed by atoms with Gasteiger partial charge in [0, 0.05) is 13.0 Å². The highest BCUT2D eigenvalue weighted by Gasteiger charge is 2.04. The SMILES string of the molecule is O=C(CCc1ccccc1)NC(=S)NCc1ccccc1. The van der Waals surface area contributed by atoms with Gasteiger partial charge in [-0.15, -0.1) is 0 Å². The lowest BCUT2D eigenvalue weighted by molar-refractivity contribution is -0.119. The van der Waals surface area contributed by atoms with Crippen LogP contribution in [0.3, 0.4) is 0 Å². The van der Waals surface area contributed by atoms with Crippen molar-refractivity contribution in [2.75, 3.05) is 0 Å². The molecule has 0 bridgehead atoms. The zero-order valence-corrected chi connectivity index (χ0v) is 12.5. The molecule has 0 aliphatic heterocycles. The third kappa shape index (κ3) is 5.75. The smallest absolute Gasteiger partial charge is 0.226 e. The molecule has 0 saturated carbocycles. The van der Waals surface area contributed by atoms with E-state index < -0.39 is 0 Å². The molecule has 3 nitrogen and oxygen atoms in total. The minimum absolute atomic E-state index is 0.0654. The van der Waals surface area contributed by atoms with Gasteiger partial charge in [0.25, 0.3) is 0 Å². The van der Waals surface area contributed by atoms with Gasteiger partial charge in [0.15, 0.2) is 5.11 Å². The van der Waals surface area contributed by atoms with E-state index in [1.165, 1.54) is 0 Å². The molecule has 4 heteroatoms. The molecule has 0 spiro atoms. The molecule has 0 radical (unpaired) electrons. The van der Waals surface area contributed by atoms with Crippen LogP contribution in [0.4, 0.5) is 0 Å². The van der Waals surface area contributed by atoms with E-state index in [1.807, 2.05) is 60.7 Å². The fourth-order valence-corrected chi connectivity index (χ4v) is 2.10. The number of carbonyl (C=O) groups excluding carboxylic acids is 1. The Balaban J connectivity index is 1.69. The molecule has 0 saturated heterocycles. The van der Waals surface area contributed by atoms with Gasteiger partial charge in [-0.05, 0) is 29.8 Å². The fraction of sp³-hybridized carbons (Fsp3) is 0.176. The average molecular weight is 298 g/mol. The summed E-state index contributed by atoms with van der Waals surface area (Å²) in [6, 6.07) is 19.9. The molecular weight excluding hydrogens is 280 g/mol. The monoisotopic (exact) mass is 298 g/mol. The number of nitrogens with one attached hydrogen (secondary N) is 2. The second kappa shape index (κ2) is 8.17. The number of rotatable bonds is 5. The van der Waals surface area contributed by atoms with Crippen LogP contribution in [0.2, 0.25) is 0 Å². The molecule has 1 amide bonds. The van der Waals surface area contributed by atoms with Crippen molar-refractivity contribution in [3.63, 3.8) is 0 Å². The molecule has 2 rings (SSSR count). The molecule has 0 aliphatic carbocycles. The second-order valence-corrected chi connectivity index (χ2v) is 5.11. The van der Waals surface area contributed by atoms with E-state index in [4.69, 9.17) is 12.2 Å². The summed E-state index contributed by atoms with van der Waals surface area (Å²) in [5.41, 5.74) is 2.27. The summed E-state index contributed by atoms with van der Waals surface area (Å²) in [4.78, 5) is 11.8. The number of carbonyl (C=O) groups is 1. The van der Waals surface area contributed by atoms with Gasteiger partial charge in [0.05, 0.1) is 0 Å². The van der Waals surface area contributed by atoms with Crippen LogP contribution >= 0.6 is 12.2 Å². The Morgan fingerprint density at radius 1 is 0.905 bits per heavy atom. The van der Waals surface area contributed by atoms with Gasteiger partial charge in [0.1, 0.15) is 0 Å². The van der Waals surface area contributed by atoms with Gasteiger partial charge in [0.2, 0.25) is 5.91 Å². The lowest BCUT2D eigenvalue weighted by Gasteiger charge is -2.09. The van der Waals surface area contributed by atoms with Gasteiger partial charge < -0.3 is 10.6 Å². The van der Waals surface area contributed by atoms with Crippen LogP contribution in [0.5, 0.6) is 0 Å². The lowest BCUT2D eigenvalue weighted by atomic mass is 10.1. The molecule has 0 heterocycles. The predicted molar refractivity (Wildman–Crippen MR) is 88.8 cm³/mol. The topological polar surface area (TPSA) is 41.1 Å². The average Bonchev–Trinajstić information content (AvgIpc) is 2.53. The van der Waals surface area contributed by atoms with Crippen molar-refractivity contribution in [2.45, 2.75) is 19.4 Å². The summed E-state index contributed by atoms with van der Waals surface area (Å²) in [7, 11) is 0. The first kappa shape index (κ1) is 15.2. The maximum Gasteiger partial charge on any atom is 0.226 e. The predicted octanol–water partition coefficient (Wildman–Crippen LogP) is 2.81. The maximum atomic E-state index is 11.8. The van der Waals surface area contributed by atoms with Crippen LogP contribution in [0.25, 0.3) is 0 Å². The van der Waals surface area contributed by atoms with Gasteiger partial charge in [-0.2, -0.15) is 0 Å². The first-order valence-electron chi connectivity index (χ1n) is 6.89. The fourth-order valence-electron chi connectivity index (χ4n) is 1.91. The number of aryl methyl sites for hydroxylation is 1. The minimum Gasteiger partial charge on any atom is -0.358 e. The molecule has 2 N–H and O–H groups in total. The Morgan fingerprint density at radius 2 is 1.48 bits per heavy atom. The maximum absolute atomic E-state index is 11.8. The number of hydrogen-bond acceptors (Lipinski definition) is 2. The lowest BCUT2D eigenvalue weighted by Crippen LogP contribution is -2.38. The Morgan fingerprint density at radius 3 is 2.10 bits per heavy atom. The number of amides is 1. The van der Waals surface area contributed by atoms with E-state index in [9.17, 15) is 4.79 Å². The first-order valence-corrected chi connectivity index (χ1v) is 7.30. The van der Waals surface area contributed by atoms with E-state index in [-0.39, 0.29) is 5.91 Å². The van der Waals surface area contributed by atoms with E-state index in [2.05, 4.69) is 10.6 Å². The van der Waals surface area contributed by atoms with Crippen molar-refractivity contribution >= 4 is 23.2 Å². The van der Waals surface area contributed by atoms with Crippen LogP contribution in [0.15, 0.2) is 60.7 Å². The Bertz CT molecular complexity index is 531. The number of benzene rings is 2. The largest absolute Gasteiger partial charge is 0.358 e. The van der Waals surface area contributed by atoms with Crippen LogP contribution < -0.4 is 10.6 Å². The van der Waals surface area contributed by atoms with Crippen LogP contribution in [0.1, 0.15) is 17.5 Å². The molecule has 0 aliphatic rings. The summed E-state index contributed by atoms with van der Waals surface area (Å²) in [5, 5.41) is 6.10. The van der Waals surface area contributed by atoms with Crippen LogP contribution in [-0.2, 0) is 17.8 Å². The van der Waals surface area contributed by atoms with Gasteiger partial charge in [-0.3, -0.25) is 4.79 Å².